The van der Waals surface area contributed by atoms with Crippen molar-refractivity contribution in [2.75, 3.05) is 18.0 Å². The Bertz CT molecular complexity index is 485. The van der Waals surface area contributed by atoms with Gasteiger partial charge in [-0.2, -0.15) is 0 Å². The molecule has 0 spiro atoms. The van der Waals surface area contributed by atoms with Gasteiger partial charge in [0.05, 0.1) is 0 Å². The van der Waals surface area contributed by atoms with E-state index in [9.17, 15) is 0 Å². The number of anilines is 1. The molecule has 1 aliphatic carbocycles. The van der Waals surface area contributed by atoms with Crippen LogP contribution in [0.2, 0.25) is 0 Å². The number of piperidine rings is 1. The molecule has 1 saturated heterocycles. The molecule has 0 bridgehead atoms. The summed E-state index contributed by atoms with van der Waals surface area (Å²) in [6.45, 7) is 10.00. The molecule has 2 aliphatic rings. The van der Waals surface area contributed by atoms with Crippen LogP contribution >= 0.6 is 0 Å². The first-order valence-electron chi connectivity index (χ1n) is 8.62. The first kappa shape index (κ1) is 14.8. The van der Waals surface area contributed by atoms with Gasteiger partial charge in [-0.05, 0) is 57.1 Å². The van der Waals surface area contributed by atoms with E-state index in [2.05, 4.69) is 37.1 Å². The summed E-state index contributed by atoms with van der Waals surface area (Å²) in [5, 5.41) is 3.67. The average molecular weight is 287 g/mol. The van der Waals surface area contributed by atoms with E-state index in [1.807, 2.05) is 0 Å². The van der Waals surface area contributed by atoms with Crippen molar-refractivity contribution in [3.63, 3.8) is 0 Å². The second-order valence-electron chi connectivity index (χ2n) is 6.88. The van der Waals surface area contributed by atoms with Gasteiger partial charge in [-0.25, -0.2) is 4.98 Å². The second kappa shape index (κ2) is 6.35. The van der Waals surface area contributed by atoms with E-state index < -0.39 is 0 Å². The average Bonchev–Trinajstić information content (AvgIpc) is 3.30. The van der Waals surface area contributed by atoms with Crippen LogP contribution in [0.3, 0.4) is 0 Å². The molecule has 1 aromatic rings. The van der Waals surface area contributed by atoms with Crippen LogP contribution in [0.4, 0.5) is 5.82 Å². The number of hydrogen-bond donors (Lipinski definition) is 1. The molecule has 0 atom stereocenters. The highest BCUT2D eigenvalue weighted by atomic mass is 15.2. The van der Waals surface area contributed by atoms with E-state index in [0.29, 0.717) is 0 Å². The van der Waals surface area contributed by atoms with Crippen LogP contribution in [-0.2, 0) is 6.54 Å². The molecule has 3 nitrogen and oxygen atoms in total. The third kappa shape index (κ3) is 3.57. The summed E-state index contributed by atoms with van der Waals surface area (Å²) in [6.07, 6.45) is 6.65. The zero-order valence-corrected chi connectivity index (χ0v) is 13.8. The van der Waals surface area contributed by atoms with E-state index in [1.54, 1.807) is 0 Å². The van der Waals surface area contributed by atoms with E-state index in [0.717, 1.165) is 24.2 Å². The maximum Gasteiger partial charge on any atom is 0.133 e. The summed E-state index contributed by atoms with van der Waals surface area (Å²) < 4.78 is 0. The van der Waals surface area contributed by atoms with Gasteiger partial charge in [0.25, 0.3) is 0 Å². The highest BCUT2D eigenvalue weighted by molar-refractivity contribution is 5.52. The van der Waals surface area contributed by atoms with Crippen molar-refractivity contribution >= 4 is 5.82 Å². The maximum atomic E-state index is 4.89. The number of aromatic nitrogens is 1. The smallest absolute Gasteiger partial charge is 0.133 e. The van der Waals surface area contributed by atoms with Gasteiger partial charge in [0.15, 0.2) is 0 Å². The summed E-state index contributed by atoms with van der Waals surface area (Å²) in [5.41, 5.74) is 3.96. The van der Waals surface area contributed by atoms with Crippen molar-refractivity contribution in [1.29, 1.82) is 0 Å². The van der Waals surface area contributed by atoms with E-state index in [4.69, 9.17) is 4.98 Å². The Morgan fingerprint density at radius 3 is 2.52 bits per heavy atom. The lowest BCUT2D eigenvalue weighted by Crippen LogP contribution is -2.35. The quantitative estimate of drug-likeness (QED) is 0.897. The summed E-state index contributed by atoms with van der Waals surface area (Å²) in [4.78, 5) is 7.42. The zero-order chi connectivity index (χ0) is 14.8. The molecule has 0 aromatic carbocycles. The molecule has 2 heterocycles. The van der Waals surface area contributed by atoms with E-state index in [-0.39, 0.29) is 0 Å². The van der Waals surface area contributed by atoms with Crippen molar-refractivity contribution in [1.82, 2.24) is 10.3 Å². The molecular formula is C18H29N3. The molecule has 116 valence electrons. The van der Waals surface area contributed by atoms with E-state index in [1.165, 1.54) is 62.1 Å². The van der Waals surface area contributed by atoms with Crippen LogP contribution in [0.5, 0.6) is 0 Å². The molecule has 1 aliphatic heterocycles. The Balaban J connectivity index is 1.78. The molecule has 3 heteroatoms. The molecule has 0 radical (unpaired) electrons. The zero-order valence-electron chi connectivity index (χ0n) is 13.8. The van der Waals surface area contributed by atoms with Crippen LogP contribution in [-0.4, -0.2) is 24.1 Å². The molecule has 2 fully saturated rings. The molecule has 0 unspecified atom stereocenters. The summed E-state index contributed by atoms with van der Waals surface area (Å²) >= 11 is 0. The fourth-order valence-electron chi connectivity index (χ4n) is 3.41. The highest BCUT2D eigenvalue weighted by Gasteiger charge is 2.24. The number of nitrogens with one attached hydrogen (secondary N) is 1. The molecule has 21 heavy (non-hydrogen) atoms. The number of hydrogen-bond acceptors (Lipinski definition) is 3. The van der Waals surface area contributed by atoms with Gasteiger partial charge >= 0.3 is 0 Å². The van der Waals surface area contributed by atoms with Gasteiger partial charge in [0.1, 0.15) is 5.82 Å². The topological polar surface area (TPSA) is 28.2 Å². The third-order valence-electron chi connectivity index (χ3n) is 5.09. The minimum Gasteiger partial charge on any atom is -0.356 e. The monoisotopic (exact) mass is 287 g/mol. The molecule has 0 amide bonds. The van der Waals surface area contributed by atoms with Crippen LogP contribution in [0.15, 0.2) is 6.07 Å². The minimum atomic E-state index is 0.754. The van der Waals surface area contributed by atoms with Crippen molar-refractivity contribution in [3.05, 3.63) is 22.9 Å². The van der Waals surface area contributed by atoms with Crippen molar-refractivity contribution in [2.24, 2.45) is 5.92 Å². The third-order valence-corrected chi connectivity index (χ3v) is 5.09. The van der Waals surface area contributed by atoms with Crippen LogP contribution < -0.4 is 10.2 Å². The normalized spacial score (nSPS) is 20.0. The lowest BCUT2D eigenvalue weighted by molar-refractivity contribution is 0.393. The number of nitrogens with zero attached hydrogens (tertiary/aromatic N) is 2. The largest absolute Gasteiger partial charge is 0.356 e. The standard InChI is InChI=1S/C18H29N3/c1-4-15-7-9-21(10-8-15)18-17(12-19-16-5-6-16)13(2)11-14(3)20-18/h11,15-16,19H,4-10,12H2,1-3H3. The summed E-state index contributed by atoms with van der Waals surface area (Å²) in [5.74, 6) is 2.16. The Labute approximate surface area is 129 Å². The van der Waals surface area contributed by atoms with Crippen molar-refractivity contribution in [3.8, 4) is 0 Å². The van der Waals surface area contributed by atoms with E-state index >= 15 is 0 Å². The number of aryl methyl sites for hydroxylation is 2. The molecule has 1 N–H and O–H groups in total. The Kier molecular flexibility index (Phi) is 4.48. The van der Waals surface area contributed by atoms with Crippen LogP contribution in [0.1, 0.15) is 55.8 Å². The lowest BCUT2D eigenvalue weighted by Gasteiger charge is -2.34. The first-order chi connectivity index (χ1) is 10.2. The van der Waals surface area contributed by atoms with Gasteiger partial charge < -0.3 is 10.2 Å². The van der Waals surface area contributed by atoms with Crippen molar-refractivity contribution in [2.45, 2.75) is 65.5 Å². The summed E-state index contributed by atoms with van der Waals surface area (Å²) in [6, 6.07) is 2.98. The Morgan fingerprint density at radius 2 is 1.90 bits per heavy atom. The lowest BCUT2D eigenvalue weighted by atomic mass is 9.94. The fourth-order valence-corrected chi connectivity index (χ4v) is 3.41. The number of pyridine rings is 1. The molecule has 1 saturated carbocycles. The minimum absolute atomic E-state index is 0.754. The molecular weight excluding hydrogens is 258 g/mol. The van der Waals surface area contributed by atoms with Gasteiger partial charge in [0, 0.05) is 36.9 Å². The SMILES string of the molecule is CCC1CCN(c2nc(C)cc(C)c2CNC2CC2)CC1. The predicted molar refractivity (Wildman–Crippen MR) is 88.8 cm³/mol. The Morgan fingerprint density at radius 1 is 1.19 bits per heavy atom. The second-order valence-corrected chi connectivity index (χ2v) is 6.88. The fraction of sp³-hybridized carbons (Fsp3) is 0.722. The van der Waals surface area contributed by atoms with Gasteiger partial charge in [-0.3, -0.25) is 0 Å². The highest BCUT2D eigenvalue weighted by Crippen LogP contribution is 2.29. The predicted octanol–water partition coefficient (Wildman–Crippen LogP) is 3.58. The van der Waals surface area contributed by atoms with Gasteiger partial charge in [0.2, 0.25) is 0 Å². The maximum absolute atomic E-state index is 4.89. The Hall–Kier alpha value is -1.09. The van der Waals surface area contributed by atoms with Crippen molar-refractivity contribution < 1.29 is 0 Å². The summed E-state index contributed by atoms with van der Waals surface area (Å²) in [7, 11) is 0. The number of rotatable bonds is 5. The molecule has 1 aromatic heterocycles. The van der Waals surface area contributed by atoms with Crippen LogP contribution in [0, 0.1) is 19.8 Å². The first-order valence-corrected chi connectivity index (χ1v) is 8.62. The van der Waals surface area contributed by atoms with Crippen LogP contribution in [0.25, 0.3) is 0 Å². The van der Waals surface area contributed by atoms with Gasteiger partial charge in [-0.15, -0.1) is 0 Å². The van der Waals surface area contributed by atoms with Gasteiger partial charge in [-0.1, -0.05) is 13.3 Å². The molecule has 3 rings (SSSR count).